The third-order valence-electron chi connectivity index (χ3n) is 2.39. The zero-order valence-corrected chi connectivity index (χ0v) is 6.60. The average molecular weight is 161 g/mol. The van der Waals surface area contributed by atoms with Crippen LogP contribution in [0.25, 0.3) is 0 Å². The van der Waals surface area contributed by atoms with Gasteiger partial charge in [-0.1, -0.05) is 0 Å². The fraction of sp³-hybridized carbons (Fsp3) is 1.00. The minimum absolute atomic E-state index is 0.366. The summed E-state index contributed by atoms with van der Waals surface area (Å²) in [6.07, 6.45) is 3.01. The summed E-state index contributed by atoms with van der Waals surface area (Å²) in [6.45, 7) is 0.771. The van der Waals surface area contributed by atoms with E-state index in [0.29, 0.717) is 11.8 Å². The van der Waals surface area contributed by atoms with E-state index in [9.17, 15) is 8.42 Å². The van der Waals surface area contributed by atoms with Gasteiger partial charge < -0.3 is 0 Å². The summed E-state index contributed by atoms with van der Waals surface area (Å²) in [4.78, 5) is 0. The fourth-order valence-corrected chi connectivity index (χ4v) is 3.74. The average Bonchev–Trinajstić information content (AvgIpc) is 2.36. The van der Waals surface area contributed by atoms with Crippen LogP contribution in [0.3, 0.4) is 0 Å². The van der Waals surface area contributed by atoms with E-state index in [2.05, 4.69) is 0 Å². The van der Waals surface area contributed by atoms with Gasteiger partial charge in [0.25, 0.3) is 0 Å². The maximum Gasteiger partial charge on any atom is 0.214 e. The Hall–Kier alpha value is -0.0900. The highest BCUT2D eigenvalue weighted by Crippen LogP contribution is 2.29. The zero-order chi connectivity index (χ0) is 7.19. The lowest BCUT2D eigenvalue weighted by Gasteiger charge is -2.11. The molecular weight excluding hydrogens is 150 g/mol. The van der Waals surface area contributed by atoms with E-state index >= 15 is 0 Å². The smallest absolute Gasteiger partial charge is 0.212 e. The molecule has 2 aliphatic heterocycles. The molecule has 1 unspecified atom stereocenters. The summed E-state index contributed by atoms with van der Waals surface area (Å²) < 4.78 is 24.0. The molecule has 0 amide bonds. The first kappa shape index (κ1) is 6.61. The highest BCUT2D eigenvalue weighted by atomic mass is 32.2. The Kier molecular flexibility index (Phi) is 1.29. The van der Waals surface area contributed by atoms with Gasteiger partial charge in [0.2, 0.25) is 10.0 Å². The third kappa shape index (κ3) is 0.787. The molecule has 0 N–H and O–H groups in total. The van der Waals surface area contributed by atoms with E-state index in [1.54, 1.807) is 4.31 Å². The SMILES string of the molecule is O=S1(=O)CCC2CCCN21. The minimum atomic E-state index is -2.79. The lowest BCUT2D eigenvalue weighted by Crippen LogP contribution is -2.27. The Bertz CT molecular complexity index is 234. The molecule has 0 aromatic carbocycles. The van der Waals surface area contributed by atoms with E-state index in [0.717, 1.165) is 25.8 Å². The van der Waals surface area contributed by atoms with Crippen molar-refractivity contribution in [1.29, 1.82) is 0 Å². The maximum atomic E-state index is 11.2. The van der Waals surface area contributed by atoms with Crippen LogP contribution in [0.15, 0.2) is 0 Å². The van der Waals surface area contributed by atoms with Gasteiger partial charge in [0.15, 0.2) is 0 Å². The molecule has 2 heterocycles. The van der Waals surface area contributed by atoms with Crippen LogP contribution in [0.5, 0.6) is 0 Å². The van der Waals surface area contributed by atoms with Crippen LogP contribution in [0.4, 0.5) is 0 Å². The summed E-state index contributed by atoms with van der Waals surface area (Å²) in [5.41, 5.74) is 0. The molecule has 0 aromatic heterocycles. The molecule has 2 saturated heterocycles. The summed E-state index contributed by atoms with van der Waals surface area (Å²) in [6, 6.07) is 0.366. The van der Waals surface area contributed by atoms with Gasteiger partial charge in [0, 0.05) is 12.6 Å². The number of hydrogen-bond donors (Lipinski definition) is 0. The second-order valence-electron chi connectivity index (χ2n) is 3.01. The van der Waals surface area contributed by atoms with Gasteiger partial charge in [-0.25, -0.2) is 8.42 Å². The number of sulfonamides is 1. The maximum absolute atomic E-state index is 11.2. The van der Waals surface area contributed by atoms with Crippen LogP contribution in [0.2, 0.25) is 0 Å². The predicted molar refractivity (Wildman–Crippen MR) is 38.1 cm³/mol. The van der Waals surface area contributed by atoms with Gasteiger partial charge in [0.1, 0.15) is 0 Å². The second kappa shape index (κ2) is 1.95. The van der Waals surface area contributed by atoms with Crippen molar-refractivity contribution < 1.29 is 8.42 Å². The van der Waals surface area contributed by atoms with Crippen molar-refractivity contribution in [2.45, 2.75) is 25.3 Å². The Morgan fingerprint density at radius 2 is 2.10 bits per heavy atom. The van der Waals surface area contributed by atoms with Gasteiger partial charge in [-0.05, 0) is 19.3 Å². The van der Waals surface area contributed by atoms with E-state index < -0.39 is 10.0 Å². The van der Waals surface area contributed by atoms with Crippen molar-refractivity contribution in [3.8, 4) is 0 Å². The summed E-state index contributed by atoms with van der Waals surface area (Å²) in [5.74, 6) is 0.387. The molecular formula is C6H11NO2S. The van der Waals surface area contributed by atoms with Crippen molar-refractivity contribution in [1.82, 2.24) is 4.31 Å². The molecule has 58 valence electrons. The fourth-order valence-electron chi connectivity index (χ4n) is 1.87. The Balaban J connectivity index is 2.32. The van der Waals surface area contributed by atoms with Crippen molar-refractivity contribution in [2.75, 3.05) is 12.3 Å². The standard InChI is InChI=1S/C6H11NO2S/c8-10(9)5-3-6-2-1-4-7(6)10/h6H,1-5H2. The molecule has 0 spiro atoms. The number of nitrogens with zero attached hydrogens (tertiary/aromatic N) is 1. The molecule has 3 nitrogen and oxygen atoms in total. The van der Waals surface area contributed by atoms with Crippen LogP contribution in [0.1, 0.15) is 19.3 Å². The molecule has 0 bridgehead atoms. The van der Waals surface area contributed by atoms with Crippen molar-refractivity contribution >= 4 is 10.0 Å². The number of fused-ring (bicyclic) bond motifs is 1. The van der Waals surface area contributed by atoms with Crippen molar-refractivity contribution in [3.05, 3.63) is 0 Å². The molecule has 2 aliphatic rings. The quantitative estimate of drug-likeness (QED) is 0.508. The molecule has 10 heavy (non-hydrogen) atoms. The lowest BCUT2D eigenvalue weighted by molar-refractivity contribution is 0.420. The first-order chi connectivity index (χ1) is 4.70. The van der Waals surface area contributed by atoms with Crippen molar-refractivity contribution in [3.63, 3.8) is 0 Å². The monoisotopic (exact) mass is 161 g/mol. The molecule has 0 radical (unpaired) electrons. The molecule has 1 atom stereocenters. The third-order valence-corrected chi connectivity index (χ3v) is 4.34. The predicted octanol–water partition coefficient (Wildman–Crippen LogP) is 0.184. The van der Waals surface area contributed by atoms with E-state index in [1.165, 1.54) is 0 Å². The van der Waals surface area contributed by atoms with E-state index in [1.807, 2.05) is 0 Å². The molecule has 2 rings (SSSR count). The Morgan fingerprint density at radius 3 is 2.80 bits per heavy atom. The minimum Gasteiger partial charge on any atom is -0.212 e. The molecule has 0 aromatic rings. The largest absolute Gasteiger partial charge is 0.214 e. The highest BCUT2D eigenvalue weighted by molar-refractivity contribution is 7.89. The van der Waals surface area contributed by atoms with Gasteiger partial charge in [-0.3, -0.25) is 0 Å². The van der Waals surface area contributed by atoms with Gasteiger partial charge in [-0.15, -0.1) is 0 Å². The lowest BCUT2D eigenvalue weighted by atomic mass is 10.2. The van der Waals surface area contributed by atoms with Crippen molar-refractivity contribution in [2.24, 2.45) is 0 Å². The topological polar surface area (TPSA) is 37.4 Å². The molecule has 4 heteroatoms. The summed E-state index contributed by atoms with van der Waals surface area (Å²) in [7, 11) is -2.79. The number of rotatable bonds is 0. The zero-order valence-electron chi connectivity index (χ0n) is 5.78. The summed E-state index contributed by atoms with van der Waals surface area (Å²) in [5, 5.41) is 0. The van der Waals surface area contributed by atoms with Crippen LogP contribution < -0.4 is 0 Å². The summed E-state index contributed by atoms with van der Waals surface area (Å²) >= 11 is 0. The first-order valence-corrected chi connectivity index (χ1v) is 5.30. The van der Waals surface area contributed by atoms with Gasteiger partial charge in [0.05, 0.1) is 5.75 Å². The van der Waals surface area contributed by atoms with Crippen LogP contribution >= 0.6 is 0 Å². The van der Waals surface area contributed by atoms with Crippen LogP contribution in [0, 0.1) is 0 Å². The Morgan fingerprint density at radius 1 is 1.30 bits per heavy atom. The van der Waals surface area contributed by atoms with Crippen LogP contribution in [-0.4, -0.2) is 31.1 Å². The second-order valence-corrected chi connectivity index (χ2v) is 5.05. The van der Waals surface area contributed by atoms with Crippen LogP contribution in [-0.2, 0) is 10.0 Å². The highest BCUT2D eigenvalue weighted by Gasteiger charge is 2.39. The van der Waals surface area contributed by atoms with Gasteiger partial charge in [-0.2, -0.15) is 4.31 Å². The van der Waals surface area contributed by atoms with E-state index in [-0.39, 0.29) is 0 Å². The van der Waals surface area contributed by atoms with E-state index in [4.69, 9.17) is 0 Å². The molecule has 0 saturated carbocycles. The molecule has 2 fully saturated rings. The Labute approximate surface area is 61.1 Å². The normalized spacial score (nSPS) is 38.2. The molecule has 0 aliphatic carbocycles. The van der Waals surface area contributed by atoms with Gasteiger partial charge >= 0.3 is 0 Å². The number of hydrogen-bond acceptors (Lipinski definition) is 2. The first-order valence-electron chi connectivity index (χ1n) is 3.70.